The normalized spacial score (nSPS) is 20.2. The molecule has 1 aromatic rings. The van der Waals surface area contributed by atoms with Crippen LogP contribution in [0.2, 0.25) is 0 Å². The van der Waals surface area contributed by atoms with Gasteiger partial charge in [0.05, 0.1) is 5.56 Å². The number of hydrogen-bond acceptors (Lipinski definition) is 5. The summed E-state index contributed by atoms with van der Waals surface area (Å²) in [4.78, 5) is 24.0. The highest BCUT2D eigenvalue weighted by atomic mass is 16.6. The largest absolute Gasteiger partial charge is 0.452 e. The zero-order valence-electron chi connectivity index (χ0n) is 12.0. The summed E-state index contributed by atoms with van der Waals surface area (Å²) >= 11 is 0. The van der Waals surface area contributed by atoms with Crippen molar-refractivity contribution < 1.29 is 23.8 Å². The number of ketones is 1. The smallest absolute Gasteiger partial charge is 0.340 e. The predicted molar refractivity (Wildman–Crippen MR) is 74.4 cm³/mol. The molecule has 0 N–H and O–H groups in total. The molecule has 0 amide bonds. The number of carbonyl (C=O) groups is 2. The zero-order valence-corrected chi connectivity index (χ0v) is 12.0. The van der Waals surface area contributed by atoms with Crippen LogP contribution in [0.15, 0.2) is 29.5 Å². The van der Waals surface area contributed by atoms with Gasteiger partial charge >= 0.3 is 5.97 Å². The summed E-state index contributed by atoms with van der Waals surface area (Å²) in [5.41, 5.74) is 1.30. The standard InChI is InChI=1S/C16H16O5/c1-9(2)15-14(17)11-6-5-10(8-13(11)21-15)20-16(18)12-4-3-7-19-12/h5-6,8,12H,3-4,7H2,1-2H3. The lowest BCUT2D eigenvalue weighted by atomic mass is 10.1. The Bertz CT molecular complexity index is 634. The summed E-state index contributed by atoms with van der Waals surface area (Å²) in [6, 6.07) is 4.78. The molecule has 0 aliphatic carbocycles. The molecule has 1 atom stereocenters. The number of rotatable bonds is 2. The van der Waals surface area contributed by atoms with Crippen LogP contribution in [-0.4, -0.2) is 24.5 Å². The van der Waals surface area contributed by atoms with Crippen LogP contribution in [0.4, 0.5) is 0 Å². The first kappa shape index (κ1) is 13.8. The molecule has 5 nitrogen and oxygen atoms in total. The molecule has 1 fully saturated rings. The minimum absolute atomic E-state index is 0.137. The molecule has 2 heterocycles. The van der Waals surface area contributed by atoms with E-state index in [-0.39, 0.29) is 5.78 Å². The number of Topliss-reactive ketones (excluding diaryl/α,β-unsaturated/α-hetero) is 1. The van der Waals surface area contributed by atoms with Gasteiger partial charge in [-0.1, -0.05) is 0 Å². The first-order valence-electron chi connectivity index (χ1n) is 6.93. The van der Waals surface area contributed by atoms with Gasteiger partial charge in [0.2, 0.25) is 5.78 Å². The number of hydrogen-bond donors (Lipinski definition) is 0. The van der Waals surface area contributed by atoms with Gasteiger partial charge in [0, 0.05) is 12.7 Å². The van der Waals surface area contributed by atoms with Gasteiger partial charge in [-0.15, -0.1) is 0 Å². The van der Waals surface area contributed by atoms with E-state index in [2.05, 4.69) is 0 Å². The van der Waals surface area contributed by atoms with E-state index < -0.39 is 12.1 Å². The number of ether oxygens (including phenoxy) is 3. The molecule has 21 heavy (non-hydrogen) atoms. The number of allylic oxidation sites excluding steroid dienone is 2. The Morgan fingerprint density at radius 2 is 2.14 bits per heavy atom. The monoisotopic (exact) mass is 288 g/mol. The van der Waals surface area contributed by atoms with Crippen molar-refractivity contribution in [3.8, 4) is 11.5 Å². The molecule has 0 bridgehead atoms. The number of fused-ring (bicyclic) bond motifs is 1. The second-order valence-electron chi connectivity index (χ2n) is 5.34. The van der Waals surface area contributed by atoms with Crippen molar-refractivity contribution in [1.82, 2.24) is 0 Å². The van der Waals surface area contributed by atoms with Gasteiger partial charge in [-0.3, -0.25) is 4.79 Å². The SMILES string of the molecule is CC(C)=C1Oc2cc(OC(=O)C3CCCO3)ccc2C1=O. The van der Waals surface area contributed by atoms with Gasteiger partial charge in [-0.05, 0) is 44.4 Å². The third-order valence-corrected chi connectivity index (χ3v) is 3.48. The van der Waals surface area contributed by atoms with Crippen LogP contribution in [0.5, 0.6) is 11.5 Å². The average molecular weight is 288 g/mol. The van der Waals surface area contributed by atoms with Crippen LogP contribution in [0, 0.1) is 0 Å². The third kappa shape index (κ3) is 2.56. The number of carbonyl (C=O) groups excluding carboxylic acids is 2. The van der Waals surface area contributed by atoms with Crippen molar-refractivity contribution in [2.24, 2.45) is 0 Å². The number of esters is 1. The maximum Gasteiger partial charge on any atom is 0.340 e. The molecular formula is C16H16O5. The second-order valence-corrected chi connectivity index (χ2v) is 5.34. The molecule has 110 valence electrons. The van der Waals surface area contributed by atoms with Crippen LogP contribution in [0.25, 0.3) is 0 Å². The molecule has 3 rings (SSSR count). The number of benzene rings is 1. The molecular weight excluding hydrogens is 272 g/mol. The highest BCUT2D eigenvalue weighted by Crippen LogP contribution is 2.35. The summed E-state index contributed by atoms with van der Waals surface area (Å²) in [7, 11) is 0. The first-order chi connectivity index (χ1) is 10.1. The summed E-state index contributed by atoms with van der Waals surface area (Å²) in [5, 5.41) is 0. The topological polar surface area (TPSA) is 61.8 Å². The molecule has 0 radical (unpaired) electrons. The minimum Gasteiger partial charge on any atom is -0.452 e. The Morgan fingerprint density at radius 3 is 2.81 bits per heavy atom. The van der Waals surface area contributed by atoms with Crippen molar-refractivity contribution in [3.05, 3.63) is 35.1 Å². The van der Waals surface area contributed by atoms with E-state index in [9.17, 15) is 9.59 Å². The van der Waals surface area contributed by atoms with Gasteiger partial charge in [0.25, 0.3) is 0 Å². The molecule has 1 saturated heterocycles. The summed E-state index contributed by atoms with van der Waals surface area (Å²) in [6.07, 6.45) is 1.06. The summed E-state index contributed by atoms with van der Waals surface area (Å²) < 4.78 is 16.1. The maximum atomic E-state index is 12.1. The molecule has 0 aromatic heterocycles. The lowest BCUT2D eigenvalue weighted by Gasteiger charge is -2.09. The van der Waals surface area contributed by atoms with Crippen molar-refractivity contribution >= 4 is 11.8 Å². The fraction of sp³-hybridized carbons (Fsp3) is 0.375. The van der Waals surface area contributed by atoms with Gasteiger partial charge in [-0.25, -0.2) is 4.79 Å². The molecule has 0 saturated carbocycles. The fourth-order valence-corrected chi connectivity index (χ4v) is 2.39. The zero-order chi connectivity index (χ0) is 15.0. The van der Waals surface area contributed by atoms with Crippen molar-refractivity contribution in [1.29, 1.82) is 0 Å². The van der Waals surface area contributed by atoms with Crippen LogP contribution in [0.1, 0.15) is 37.0 Å². The second kappa shape index (κ2) is 5.33. The van der Waals surface area contributed by atoms with Crippen molar-refractivity contribution in [3.63, 3.8) is 0 Å². The third-order valence-electron chi connectivity index (χ3n) is 3.48. The van der Waals surface area contributed by atoms with Crippen molar-refractivity contribution in [2.45, 2.75) is 32.8 Å². The fourth-order valence-electron chi connectivity index (χ4n) is 2.39. The van der Waals surface area contributed by atoms with E-state index >= 15 is 0 Å². The highest BCUT2D eigenvalue weighted by Gasteiger charge is 2.30. The summed E-state index contributed by atoms with van der Waals surface area (Å²) in [5.74, 6) is 0.583. The minimum atomic E-state index is -0.492. The van der Waals surface area contributed by atoms with Gasteiger partial charge in [0.1, 0.15) is 11.5 Å². The maximum absolute atomic E-state index is 12.1. The lowest BCUT2D eigenvalue weighted by Crippen LogP contribution is -2.24. The average Bonchev–Trinajstić information content (AvgIpc) is 3.07. The van der Waals surface area contributed by atoms with Gasteiger partial charge in [0.15, 0.2) is 11.9 Å². The summed E-state index contributed by atoms with van der Waals surface area (Å²) in [6.45, 7) is 4.22. The highest BCUT2D eigenvalue weighted by molar-refractivity contribution is 6.12. The lowest BCUT2D eigenvalue weighted by molar-refractivity contribution is -0.144. The molecule has 2 aliphatic heterocycles. The molecule has 1 unspecified atom stereocenters. The van der Waals surface area contributed by atoms with Crippen LogP contribution < -0.4 is 9.47 Å². The Hall–Kier alpha value is -2.14. The van der Waals surface area contributed by atoms with E-state index in [1.54, 1.807) is 18.2 Å². The van der Waals surface area contributed by atoms with E-state index in [4.69, 9.17) is 14.2 Å². The van der Waals surface area contributed by atoms with Crippen LogP contribution in [0.3, 0.4) is 0 Å². The Labute approximate surface area is 122 Å². The predicted octanol–water partition coefficient (Wildman–Crippen LogP) is 2.64. The molecule has 0 spiro atoms. The Balaban J connectivity index is 1.79. The molecule has 1 aromatic carbocycles. The quantitative estimate of drug-likeness (QED) is 0.475. The van der Waals surface area contributed by atoms with Gasteiger partial charge in [-0.2, -0.15) is 0 Å². The Morgan fingerprint density at radius 1 is 1.33 bits per heavy atom. The molecule has 5 heteroatoms. The van der Waals surface area contributed by atoms with E-state index in [0.717, 1.165) is 12.0 Å². The van der Waals surface area contributed by atoms with E-state index in [0.29, 0.717) is 35.8 Å². The first-order valence-corrected chi connectivity index (χ1v) is 6.93. The van der Waals surface area contributed by atoms with E-state index in [1.807, 2.05) is 13.8 Å². The van der Waals surface area contributed by atoms with Crippen LogP contribution in [-0.2, 0) is 9.53 Å². The molecule has 2 aliphatic rings. The van der Waals surface area contributed by atoms with Crippen LogP contribution >= 0.6 is 0 Å². The van der Waals surface area contributed by atoms with E-state index in [1.165, 1.54) is 0 Å². The van der Waals surface area contributed by atoms with Crippen molar-refractivity contribution in [2.75, 3.05) is 6.61 Å². The van der Waals surface area contributed by atoms with Gasteiger partial charge < -0.3 is 14.2 Å². The Kier molecular flexibility index (Phi) is 3.51.